The van der Waals surface area contributed by atoms with E-state index in [9.17, 15) is 33.2 Å². The number of aromatic amines is 4. The van der Waals surface area contributed by atoms with Gasteiger partial charge in [-0.05, 0) is 42.5 Å². The van der Waals surface area contributed by atoms with Crippen molar-refractivity contribution in [2.45, 2.75) is 31.7 Å². The van der Waals surface area contributed by atoms with Gasteiger partial charge in [-0.2, -0.15) is 9.37 Å². The van der Waals surface area contributed by atoms with Crippen molar-refractivity contribution in [3.05, 3.63) is 90.4 Å². The van der Waals surface area contributed by atoms with E-state index in [1.165, 1.54) is 0 Å². The lowest BCUT2D eigenvalue weighted by molar-refractivity contribution is -0.140. The molecule has 3 aromatic heterocycles. The molecule has 1 amide bonds. The van der Waals surface area contributed by atoms with Crippen LogP contribution in [0.2, 0.25) is 0 Å². The first-order valence-electron chi connectivity index (χ1n) is 11.6. The number of nitrogen functional groups attached to an aromatic ring is 1. The monoisotopic (exact) mass is 557 g/mol. The molecule has 1 aromatic carbocycles. The second-order valence-corrected chi connectivity index (χ2v) is 8.40. The van der Waals surface area contributed by atoms with Crippen LogP contribution in [0.5, 0.6) is 0 Å². The summed E-state index contributed by atoms with van der Waals surface area (Å²) in [5, 5.41) is 20.6. The fourth-order valence-corrected chi connectivity index (χ4v) is 3.59. The molecular formula is C24H24FN7O8. The number of carboxylic acids is 2. The van der Waals surface area contributed by atoms with E-state index in [4.69, 9.17) is 15.9 Å². The average Bonchev–Trinajstić information content (AvgIpc) is 3.31. The Labute approximate surface area is 222 Å². The first-order valence-corrected chi connectivity index (χ1v) is 11.6. The normalized spacial score (nSPS) is 11.3. The number of aromatic nitrogens is 5. The van der Waals surface area contributed by atoms with Crippen LogP contribution in [0.15, 0.2) is 51.0 Å². The van der Waals surface area contributed by atoms with Gasteiger partial charge in [-0.1, -0.05) is 12.1 Å². The Morgan fingerprint density at radius 1 is 1.00 bits per heavy atom. The van der Waals surface area contributed by atoms with Gasteiger partial charge in [0.1, 0.15) is 11.7 Å². The maximum Gasteiger partial charge on any atom is 0.326 e. The fraction of sp³-hybridized carbons (Fsp3) is 0.208. The molecule has 0 spiro atoms. The van der Waals surface area contributed by atoms with Gasteiger partial charge in [0.2, 0.25) is 11.8 Å². The maximum absolute atomic E-state index is 12.3. The zero-order chi connectivity index (χ0) is 29.4. The molecule has 4 aromatic rings. The van der Waals surface area contributed by atoms with Crippen molar-refractivity contribution in [2.24, 2.45) is 0 Å². The molecule has 40 heavy (non-hydrogen) atoms. The van der Waals surface area contributed by atoms with E-state index in [1.54, 1.807) is 35.4 Å². The molecule has 0 aliphatic carbocycles. The minimum absolute atomic E-state index is 0.0351. The average molecular weight is 557 g/mol. The van der Waals surface area contributed by atoms with E-state index in [0.29, 0.717) is 30.1 Å². The lowest BCUT2D eigenvalue weighted by Gasteiger charge is -2.13. The quantitative estimate of drug-likeness (QED) is 0.135. The molecule has 210 valence electrons. The lowest BCUT2D eigenvalue weighted by Crippen LogP contribution is -2.41. The number of H-pyrrole nitrogens is 4. The predicted octanol–water partition coefficient (Wildman–Crippen LogP) is -0.131. The van der Waals surface area contributed by atoms with Gasteiger partial charge in [0.15, 0.2) is 0 Å². The number of carbonyl (C=O) groups excluding carboxylic acids is 1. The third kappa shape index (κ3) is 7.73. The van der Waals surface area contributed by atoms with Gasteiger partial charge in [-0.3, -0.25) is 24.2 Å². The lowest BCUT2D eigenvalue weighted by atomic mass is 10.0. The van der Waals surface area contributed by atoms with Gasteiger partial charge in [0.05, 0.1) is 5.39 Å². The van der Waals surface area contributed by atoms with Gasteiger partial charge < -0.3 is 36.2 Å². The minimum Gasteiger partial charge on any atom is -0.481 e. The topological polar surface area (TPSA) is 257 Å². The van der Waals surface area contributed by atoms with Crippen molar-refractivity contribution in [3.63, 3.8) is 0 Å². The molecule has 16 heteroatoms. The highest BCUT2D eigenvalue weighted by Crippen LogP contribution is 2.16. The summed E-state index contributed by atoms with van der Waals surface area (Å²) in [6.45, 7) is 0. The Bertz CT molecular complexity index is 1710. The third-order valence-corrected chi connectivity index (χ3v) is 5.57. The molecular weight excluding hydrogens is 533 g/mol. The van der Waals surface area contributed by atoms with E-state index in [-0.39, 0.29) is 24.4 Å². The van der Waals surface area contributed by atoms with Crippen LogP contribution in [0.4, 0.5) is 10.3 Å². The Morgan fingerprint density at radius 3 is 2.30 bits per heavy atom. The number of amides is 1. The zero-order valence-electron chi connectivity index (χ0n) is 20.6. The number of nitrogens with one attached hydrogen (secondary N) is 5. The van der Waals surface area contributed by atoms with Crippen LogP contribution in [-0.4, -0.2) is 59.0 Å². The molecule has 0 bridgehead atoms. The second kappa shape index (κ2) is 12.8. The number of aryl methyl sites for hydroxylation is 2. The van der Waals surface area contributed by atoms with Gasteiger partial charge in [0.25, 0.3) is 17.0 Å². The van der Waals surface area contributed by atoms with E-state index in [2.05, 4.69) is 20.3 Å². The molecule has 9 N–H and O–H groups in total. The molecule has 0 saturated carbocycles. The van der Waals surface area contributed by atoms with Crippen molar-refractivity contribution < 1.29 is 29.0 Å². The van der Waals surface area contributed by atoms with Gasteiger partial charge in [-0.15, -0.1) is 0 Å². The molecule has 1 atom stereocenters. The molecule has 0 aliphatic heterocycles. The van der Waals surface area contributed by atoms with Crippen LogP contribution in [0.3, 0.4) is 0 Å². The number of benzene rings is 1. The van der Waals surface area contributed by atoms with Crippen LogP contribution >= 0.6 is 0 Å². The number of anilines is 1. The minimum atomic E-state index is -1.30. The number of hydrogen-bond acceptors (Lipinski definition) is 8. The molecule has 4 rings (SSSR count). The van der Waals surface area contributed by atoms with Crippen LogP contribution in [-0.2, 0) is 22.4 Å². The van der Waals surface area contributed by atoms with E-state index < -0.39 is 46.5 Å². The maximum atomic E-state index is 12.3. The highest BCUT2D eigenvalue weighted by atomic mass is 19.1. The summed E-state index contributed by atoms with van der Waals surface area (Å²) in [4.78, 5) is 79.7. The standard InChI is InChI=1S/C20H21N5O6.C4H3FN2O2/c21-20-24-16-15(18(29)25-20)12(9-22-16)6-3-10-1-4-11(5-2-10)17(28)23-13(19(30)31)7-8-14(26)27;5-2-1-6-4(9)7-3(2)8/h1-2,4-5,9,13H,3,6-8H2,(H,23,28)(H,26,27)(H,30,31)(H4,21,22,24,25,29);1H,(H2,6,7,8,9)/t13-;/m0./s1. The van der Waals surface area contributed by atoms with Crippen LogP contribution in [0.1, 0.15) is 34.3 Å². The summed E-state index contributed by atoms with van der Waals surface area (Å²) in [6.07, 6.45) is 3.00. The molecule has 3 heterocycles. The van der Waals surface area contributed by atoms with Crippen molar-refractivity contribution in [1.82, 2.24) is 30.2 Å². The van der Waals surface area contributed by atoms with Crippen molar-refractivity contribution in [2.75, 3.05) is 5.73 Å². The highest BCUT2D eigenvalue weighted by Gasteiger charge is 2.21. The SMILES string of the molecule is Nc1nc(=O)c2c(CCc3ccc(C(=O)N[C@@H](CCC(=O)O)C(=O)O)cc3)c[nH]c2[nH]1.O=c1[nH]cc(F)c(=O)[nH]1. The number of nitrogens with two attached hydrogens (primary N) is 1. The largest absolute Gasteiger partial charge is 0.481 e. The molecule has 0 aliphatic rings. The van der Waals surface area contributed by atoms with Gasteiger partial charge in [-0.25, -0.2) is 9.59 Å². The zero-order valence-corrected chi connectivity index (χ0v) is 20.6. The highest BCUT2D eigenvalue weighted by molar-refractivity contribution is 5.96. The van der Waals surface area contributed by atoms with E-state index >= 15 is 0 Å². The van der Waals surface area contributed by atoms with Crippen LogP contribution in [0.25, 0.3) is 11.0 Å². The fourth-order valence-electron chi connectivity index (χ4n) is 3.59. The van der Waals surface area contributed by atoms with Crippen molar-refractivity contribution in [3.8, 4) is 0 Å². The number of fused-ring (bicyclic) bond motifs is 1. The molecule has 0 fully saturated rings. The first-order chi connectivity index (χ1) is 18.9. The molecule has 15 nitrogen and oxygen atoms in total. The summed E-state index contributed by atoms with van der Waals surface area (Å²) in [5.74, 6) is -3.99. The first kappa shape index (κ1) is 29.0. The van der Waals surface area contributed by atoms with Crippen LogP contribution < -0.4 is 27.9 Å². The summed E-state index contributed by atoms with van der Waals surface area (Å²) in [5.41, 5.74) is 5.88. The van der Waals surface area contributed by atoms with E-state index in [0.717, 1.165) is 11.1 Å². The van der Waals surface area contributed by atoms with Gasteiger partial charge in [0, 0.05) is 24.4 Å². The summed E-state index contributed by atoms with van der Waals surface area (Å²) in [6, 6.07) is 5.30. The summed E-state index contributed by atoms with van der Waals surface area (Å²) < 4.78 is 12.0. The van der Waals surface area contributed by atoms with Crippen molar-refractivity contribution >= 4 is 34.8 Å². The number of carboxylic acid groups (broad SMARTS) is 2. The number of aliphatic carboxylic acids is 2. The third-order valence-electron chi connectivity index (χ3n) is 5.57. The Morgan fingerprint density at radius 2 is 1.70 bits per heavy atom. The van der Waals surface area contributed by atoms with E-state index in [1.807, 2.05) is 4.98 Å². The summed E-state index contributed by atoms with van der Waals surface area (Å²) >= 11 is 0. The van der Waals surface area contributed by atoms with Crippen molar-refractivity contribution in [1.29, 1.82) is 0 Å². The van der Waals surface area contributed by atoms with Crippen LogP contribution in [0, 0.1) is 5.82 Å². The number of carbonyl (C=O) groups is 3. The Kier molecular flexibility index (Phi) is 9.29. The molecule has 0 saturated heterocycles. The molecule has 0 unspecified atom stereocenters. The Hall–Kier alpha value is -5.54. The number of hydrogen-bond donors (Lipinski definition) is 8. The number of rotatable bonds is 9. The smallest absolute Gasteiger partial charge is 0.326 e. The number of nitrogens with zero attached hydrogens (tertiary/aromatic N) is 1. The summed E-state index contributed by atoms with van der Waals surface area (Å²) in [7, 11) is 0. The van der Waals surface area contributed by atoms with Gasteiger partial charge >= 0.3 is 17.6 Å². The Balaban J connectivity index is 0.000000415. The number of halogens is 1. The second-order valence-electron chi connectivity index (χ2n) is 8.40. The predicted molar refractivity (Wildman–Crippen MR) is 138 cm³/mol. The molecule has 0 radical (unpaired) electrons.